The number of aliphatic carboxylic acids is 1. The van der Waals surface area contributed by atoms with Crippen molar-refractivity contribution in [1.82, 2.24) is 0 Å². The highest BCUT2D eigenvalue weighted by Gasteiger charge is 2.39. The topological polar surface area (TPSA) is 94.8 Å². The third-order valence-electron chi connectivity index (χ3n) is 5.26. The first kappa shape index (κ1) is 23.0. The van der Waals surface area contributed by atoms with E-state index >= 15 is 0 Å². The third kappa shape index (κ3) is 7.91. The number of carbonyl (C=O) groups excluding carboxylic acids is 1. The van der Waals surface area contributed by atoms with Gasteiger partial charge in [0.2, 0.25) is 0 Å². The molecule has 0 radical (unpaired) electrons. The molecule has 2 rings (SSSR count). The summed E-state index contributed by atoms with van der Waals surface area (Å²) in [5, 5.41) is 29.0. The Hall–Kier alpha value is -2.31. The van der Waals surface area contributed by atoms with Gasteiger partial charge in [0.15, 0.2) is 0 Å². The number of carboxylic acid groups (broad SMARTS) is 1. The second kappa shape index (κ2) is 11.6. The van der Waals surface area contributed by atoms with Crippen LogP contribution in [0, 0.1) is 17.7 Å². The van der Waals surface area contributed by atoms with E-state index in [1.165, 1.54) is 12.1 Å². The van der Waals surface area contributed by atoms with E-state index < -0.39 is 24.1 Å². The Morgan fingerprint density at radius 1 is 1.24 bits per heavy atom. The Bertz CT molecular complexity index is 725. The van der Waals surface area contributed by atoms with Gasteiger partial charge in [0.25, 0.3) is 0 Å². The van der Waals surface area contributed by atoms with Crippen LogP contribution in [-0.4, -0.2) is 39.3 Å². The monoisotopic (exact) mass is 404 g/mol. The molecule has 0 heterocycles. The van der Waals surface area contributed by atoms with E-state index in [9.17, 15) is 24.2 Å². The van der Waals surface area contributed by atoms with Crippen LogP contribution in [0.4, 0.5) is 4.39 Å². The lowest BCUT2D eigenvalue weighted by atomic mass is 9.90. The molecule has 0 amide bonds. The first-order valence-corrected chi connectivity index (χ1v) is 10.0. The molecule has 158 valence electrons. The van der Waals surface area contributed by atoms with E-state index in [2.05, 4.69) is 0 Å². The fourth-order valence-electron chi connectivity index (χ4n) is 3.58. The molecule has 0 saturated heterocycles. The predicted molar refractivity (Wildman–Crippen MR) is 108 cm³/mol. The van der Waals surface area contributed by atoms with Gasteiger partial charge < -0.3 is 15.3 Å². The van der Waals surface area contributed by atoms with Gasteiger partial charge in [-0.05, 0) is 49.8 Å². The number of carbonyl (C=O) groups is 2. The van der Waals surface area contributed by atoms with Gasteiger partial charge in [-0.1, -0.05) is 36.4 Å². The van der Waals surface area contributed by atoms with Crippen LogP contribution in [0.5, 0.6) is 0 Å². The number of hydrogen-bond donors (Lipinski definition) is 3. The second-order valence-corrected chi connectivity index (χ2v) is 7.54. The van der Waals surface area contributed by atoms with Crippen molar-refractivity contribution < 1.29 is 29.3 Å². The molecule has 4 atom stereocenters. The minimum absolute atomic E-state index is 0.0382. The minimum atomic E-state index is -0.821. The van der Waals surface area contributed by atoms with E-state index in [0.717, 1.165) is 5.56 Å². The summed E-state index contributed by atoms with van der Waals surface area (Å²) >= 11 is 0. The maximum absolute atomic E-state index is 12.9. The molecule has 1 aromatic carbocycles. The van der Waals surface area contributed by atoms with Gasteiger partial charge in [-0.2, -0.15) is 0 Å². The van der Waals surface area contributed by atoms with Gasteiger partial charge in [0, 0.05) is 24.7 Å². The number of benzene rings is 1. The first-order valence-electron chi connectivity index (χ1n) is 10.0. The fraction of sp³-hybridized carbons (Fsp3) is 0.478. The van der Waals surface area contributed by atoms with Gasteiger partial charge in [0.1, 0.15) is 11.6 Å². The van der Waals surface area contributed by atoms with Crippen molar-refractivity contribution in [3.05, 3.63) is 60.0 Å². The Morgan fingerprint density at radius 2 is 1.97 bits per heavy atom. The van der Waals surface area contributed by atoms with Crippen LogP contribution in [0.15, 0.2) is 48.6 Å². The van der Waals surface area contributed by atoms with E-state index in [4.69, 9.17) is 5.11 Å². The maximum Gasteiger partial charge on any atom is 0.303 e. The molecule has 0 unspecified atom stereocenters. The zero-order valence-corrected chi connectivity index (χ0v) is 16.4. The van der Waals surface area contributed by atoms with Crippen molar-refractivity contribution >= 4 is 11.8 Å². The molecule has 29 heavy (non-hydrogen) atoms. The lowest BCUT2D eigenvalue weighted by molar-refractivity contribution is -0.137. The van der Waals surface area contributed by atoms with Crippen molar-refractivity contribution in [3.63, 3.8) is 0 Å². The van der Waals surface area contributed by atoms with Crippen LogP contribution in [0.2, 0.25) is 0 Å². The Kier molecular flexibility index (Phi) is 9.22. The van der Waals surface area contributed by atoms with E-state index in [1.807, 2.05) is 12.2 Å². The van der Waals surface area contributed by atoms with Crippen LogP contribution in [0.1, 0.15) is 44.1 Å². The second-order valence-electron chi connectivity index (χ2n) is 7.54. The van der Waals surface area contributed by atoms with Gasteiger partial charge in [-0.25, -0.2) is 4.39 Å². The van der Waals surface area contributed by atoms with Crippen LogP contribution in [0.25, 0.3) is 0 Å². The summed E-state index contributed by atoms with van der Waals surface area (Å²) in [4.78, 5) is 22.7. The molecule has 1 aromatic rings. The summed E-state index contributed by atoms with van der Waals surface area (Å²) in [5.74, 6) is -1.83. The molecule has 1 aliphatic carbocycles. The van der Waals surface area contributed by atoms with Crippen LogP contribution in [0.3, 0.4) is 0 Å². The summed E-state index contributed by atoms with van der Waals surface area (Å²) in [7, 11) is 0. The highest BCUT2D eigenvalue weighted by Crippen LogP contribution is 2.33. The predicted octanol–water partition coefficient (Wildman–Crippen LogP) is 3.44. The molecule has 3 N–H and O–H groups in total. The number of aliphatic hydroxyl groups excluding tert-OH is 2. The molecule has 1 aliphatic rings. The number of carboxylic acids is 1. The molecule has 0 spiro atoms. The standard InChI is InChI=1S/C23H29FO5/c24-17-10-7-16(8-11-17)9-12-18(25)13-14-20-19(21(26)15-22(20)27)5-3-1-2-4-6-23(28)29/h1,3,7-8,10-11,13-14,18-21,25-26H,2,4-6,9,12,15H2,(H,28,29)/t18-,19+,20+,21-/m0/s1. The highest BCUT2D eigenvalue weighted by atomic mass is 19.1. The smallest absolute Gasteiger partial charge is 0.303 e. The zero-order valence-electron chi connectivity index (χ0n) is 16.4. The van der Waals surface area contributed by atoms with E-state index in [-0.39, 0.29) is 30.4 Å². The van der Waals surface area contributed by atoms with Crippen molar-refractivity contribution in [2.45, 2.75) is 57.2 Å². The van der Waals surface area contributed by atoms with Crippen molar-refractivity contribution in [2.24, 2.45) is 11.8 Å². The number of allylic oxidation sites excluding steroid dienone is 3. The van der Waals surface area contributed by atoms with Gasteiger partial charge in [-0.15, -0.1) is 0 Å². The number of aryl methyl sites for hydroxylation is 1. The summed E-state index contributed by atoms with van der Waals surface area (Å²) < 4.78 is 12.9. The summed E-state index contributed by atoms with van der Waals surface area (Å²) in [6, 6.07) is 6.13. The summed E-state index contributed by atoms with van der Waals surface area (Å²) in [5.41, 5.74) is 0.928. The van der Waals surface area contributed by atoms with E-state index in [1.54, 1.807) is 24.3 Å². The number of ketones is 1. The molecule has 6 heteroatoms. The van der Waals surface area contributed by atoms with Gasteiger partial charge >= 0.3 is 5.97 Å². The minimum Gasteiger partial charge on any atom is -0.481 e. The molecule has 0 aromatic heterocycles. The first-order chi connectivity index (χ1) is 13.9. The molecular formula is C23H29FO5. The van der Waals surface area contributed by atoms with Crippen LogP contribution < -0.4 is 0 Å². The number of rotatable bonds is 11. The number of halogens is 1. The third-order valence-corrected chi connectivity index (χ3v) is 5.26. The number of aliphatic hydroxyl groups is 2. The molecular weight excluding hydrogens is 375 g/mol. The Labute approximate surface area is 170 Å². The summed E-state index contributed by atoms with van der Waals surface area (Å²) in [6.45, 7) is 0. The average molecular weight is 404 g/mol. The normalized spacial score (nSPS) is 23.3. The fourth-order valence-corrected chi connectivity index (χ4v) is 3.58. The van der Waals surface area contributed by atoms with Crippen molar-refractivity contribution in [2.75, 3.05) is 0 Å². The lowest BCUT2D eigenvalue weighted by Crippen LogP contribution is -2.19. The zero-order chi connectivity index (χ0) is 21.2. The lowest BCUT2D eigenvalue weighted by Gasteiger charge is -2.17. The summed E-state index contributed by atoms with van der Waals surface area (Å²) in [6.07, 6.45) is 8.65. The molecule has 1 saturated carbocycles. The maximum atomic E-state index is 12.9. The largest absolute Gasteiger partial charge is 0.481 e. The number of unbranched alkanes of at least 4 members (excludes halogenated alkanes) is 1. The van der Waals surface area contributed by atoms with Crippen molar-refractivity contribution in [1.29, 1.82) is 0 Å². The quantitative estimate of drug-likeness (QED) is 0.388. The van der Waals surface area contributed by atoms with Crippen molar-refractivity contribution in [3.8, 4) is 0 Å². The average Bonchev–Trinajstić information content (AvgIpc) is 2.94. The number of Topliss-reactive ketones (excluding diaryl/α,β-unsaturated/α-hetero) is 1. The number of hydrogen-bond acceptors (Lipinski definition) is 4. The molecule has 1 fully saturated rings. The van der Waals surface area contributed by atoms with Crippen LogP contribution in [-0.2, 0) is 16.0 Å². The molecule has 0 aliphatic heterocycles. The molecule has 0 bridgehead atoms. The van der Waals surface area contributed by atoms with Gasteiger partial charge in [-0.3, -0.25) is 9.59 Å². The van der Waals surface area contributed by atoms with Crippen LogP contribution >= 0.6 is 0 Å². The van der Waals surface area contributed by atoms with E-state index in [0.29, 0.717) is 32.1 Å². The Balaban J connectivity index is 1.83. The highest BCUT2D eigenvalue weighted by molar-refractivity contribution is 5.86. The SMILES string of the molecule is O=C(O)CCCC=CC[C@H]1[C@@H](O)CC(=O)[C@@H]1C=C[C@@H](O)CCc1ccc(F)cc1. The molecule has 5 nitrogen and oxygen atoms in total. The van der Waals surface area contributed by atoms with Gasteiger partial charge in [0.05, 0.1) is 12.2 Å². The Morgan fingerprint density at radius 3 is 2.66 bits per heavy atom.